The zero-order valence-electron chi connectivity index (χ0n) is 16.8. The van der Waals surface area contributed by atoms with Crippen molar-refractivity contribution in [2.75, 3.05) is 11.9 Å². The Morgan fingerprint density at radius 1 is 1.16 bits per heavy atom. The van der Waals surface area contributed by atoms with Gasteiger partial charge in [-0.2, -0.15) is 5.10 Å². The number of hydrogen-bond donors (Lipinski definition) is 1. The van der Waals surface area contributed by atoms with Crippen LogP contribution < -0.4 is 5.32 Å². The number of carbonyl (C=O) groups excluding carboxylic acids is 2. The topological polar surface area (TPSA) is 91.0 Å². The fourth-order valence-corrected chi connectivity index (χ4v) is 3.75. The van der Waals surface area contributed by atoms with Gasteiger partial charge >= 0.3 is 5.97 Å². The first-order valence-electron chi connectivity index (χ1n) is 9.54. The fraction of sp³-hybridized carbons (Fsp3) is 0.143. The van der Waals surface area contributed by atoms with Crippen LogP contribution in [0.2, 0.25) is 0 Å². The molecule has 8 nitrogen and oxygen atoms in total. The molecule has 164 valence electrons. The SMILES string of the molecule is CCOC(=O)Cc1csc(NC(=O)c2cnn(-c3cc(F)cc(F)c3)c2-n2cccc2)n1. The summed E-state index contributed by atoms with van der Waals surface area (Å²) in [5.74, 6) is -2.17. The minimum Gasteiger partial charge on any atom is -0.466 e. The predicted octanol–water partition coefficient (Wildman–Crippen LogP) is 3.76. The van der Waals surface area contributed by atoms with Gasteiger partial charge in [0.15, 0.2) is 10.9 Å². The highest BCUT2D eigenvalue weighted by molar-refractivity contribution is 7.14. The number of nitrogens with one attached hydrogen (secondary N) is 1. The number of hydrogen-bond acceptors (Lipinski definition) is 6. The van der Waals surface area contributed by atoms with Gasteiger partial charge < -0.3 is 9.30 Å². The van der Waals surface area contributed by atoms with Crippen LogP contribution in [-0.4, -0.2) is 37.8 Å². The Labute approximate surface area is 185 Å². The van der Waals surface area contributed by atoms with Crippen molar-refractivity contribution in [1.82, 2.24) is 19.3 Å². The normalized spacial score (nSPS) is 10.8. The van der Waals surface area contributed by atoms with Crippen LogP contribution >= 0.6 is 11.3 Å². The lowest BCUT2D eigenvalue weighted by atomic mass is 10.2. The zero-order chi connectivity index (χ0) is 22.7. The summed E-state index contributed by atoms with van der Waals surface area (Å²) in [6, 6.07) is 6.48. The molecule has 4 rings (SSSR count). The smallest absolute Gasteiger partial charge is 0.311 e. The Morgan fingerprint density at radius 2 is 1.88 bits per heavy atom. The van der Waals surface area contributed by atoms with Gasteiger partial charge in [-0.15, -0.1) is 11.3 Å². The maximum atomic E-state index is 13.8. The van der Waals surface area contributed by atoms with Crippen molar-refractivity contribution in [3.05, 3.63) is 77.2 Å². The Bertz CT molecular complexity index is 1250. The molecule has 4 aromatic rings. The lowest BCUT2D eigenvalue weighted by molar-refractivity contribution is -0.142. The van der Waals surface area contributed by atoms with E-state index in [4.69, 9.17) is 4.74 Å². The summed E-state index contributed by atoms with van der Waals surface area (Å²) in [5, 5.41) is 8.79. The van der Waals surface area contributed by atoms with Crippen LogP contribution in [-0.2, 0) is 16.0 Å². The van der Waals surface area contributed by atoms with Crippen LogP contribution in [0.3, 0.4) is 0 Å². The quantitative estimate of drug-likeness (QED) is 0.427. The number of aromatic nitrogens is 4. The Balaban J connectivity index is 1.64. The minimum absolute atomic E-state index is 0.00209. The fourth-order valence-electron chi connectivity index (χ4n) is 3.05. The number of ether oxygens (including phenoxy) is 1. The number of benzene rings is 1. The molecule has 1 N–H and O–H groups in total. The maximum absolute atomic E-state index is 13.8. The average molecular weight is 457 g/mol. The van der Waals surface area contributed by atoms with Gasteiger partial charge in [0.1, 0.15) is 17.2 Å². The molecule has 11 heteroatoms. The first kappa shape index (κ1) is 21.4. The molecule has 0 fully saturated rings. The first-order chi connectivity index (χ1) is 15.4. The Hall–Kier alpha value is -3.86. The Kier molecular flexibility index (Phi) is 6.08. The van der Waals surface area contributed by atoms with Crippen molar-refractivity contribution in [3.8, 4) is 11.5 Å². The molecule has 0 aliphatic carbocycles. The first-order valence-corrected chi connectivity index (χ1v) is 10.4. The molecule has 0 atom stereocenters. The third kappa shape index (κ3) is 4.57. The Morgan fingerprint density at radius 3 is 2.56 bits per heavy atom. The van der Waals surface area contributed by atoms with Gasteiger partial charge in [-0.1, -0.05) is 0 Å². The van der Waals surface area contributed by atoms with E-state index >= 15 is 0 Å². The van der Waals surface area contributed by atoms with Gasteiger partial charge in [0.25, 0.3) is 5.91 Å². The van der Waals surface area contributed by atoms with Gasteiger partial charge in [-0.05, 0) is 31.2 Å². The van der Waals surface area contributed by atoms with Crippen LogP contribution in [0.5, 0.6) is 0 Å². The molecule has 32 heavy (non-hydrogen) atoms. The van der Waals surface area contributed by atoms with Crippen molar-refractivity contribution >= 4 is 28.3 Å². The molecule has 1 amide bonds. The van der Waals surface area contributed by atoms with Crippen molar-refractivity contribution in [1.29, 1.82) is 0 Å². The lowest BCUT2D eigenvalue weighted by Crippen LogP contribution is -2.15. The molecular weight excluding hydrogens is 440 g/mol. The monoisotopic (exact) mass is 457 g/mol. The second kappa shape index (κ2) is 9.10. The van der Waals surface area contributed by atoms with E-state index in [-0.39, 0.29) is 29.4 Å². The summed E-state index contributed by atoms with van der Waals surface area (Å²) in [4.78, 5) is 28.8. The highest BCUT2D eigenvalue weighted by Gasteiger charge is 2.22. The molecule has 0 saturated heterocycles. The molecule has 0 bridgehead atoms. The van der Waals surface area contributed by atoms with Crippen molar-refractivity contribution < 1.29 is 23.1 Å². The van der Waals surface area contributed by atoms with Crippen LogP contribution in [0.4, 0.5) is 13.9 Å². The summed E-state index contributed by atoms with van der Waals surface area (Å²) in [7, 11) is 0. The highest BCUT2D eigenvalue weighted by atomic mass is 32.1. The second-order valence-corrected chi connectivity index (χ2v) is 7.45. The van der Waals surface area contributed by atoms with Crippen molar-refractivity contribution in [2.45, 2.75) is 13.3 Å². The molecule has 0 spiro atoms. The molecule has 1 aromatic carbocycles. The number of esters is 1. The number of halogens is 2. The number of thiazole rings is 1. The van der Waals surface area contributed by atoms with Gasteiger partial charge in [-0.3, -0.25) is 14.9 Å². The molecule has 3 aromatic heterocycles. The predicted molar refractivity (Wildman–Crippen MR) is 113 cm³/mol. The van der Waals surface area contributed by atoms with Gasteiger partial charge in [0.05, 0.1) is 30.6 Å². The number of anilines is 1. The lowest BCUT2D eigenvalue weighted by Gasteiger charge is -2.11. The van der Waals surface area contributed by atoms with E-state index in [0.29, 0.717) is 11.5 Å². The van der Waals surface area contributed by atoms with Crippen LogP contribution in [0.1, 0.15) is 23.0 Å². The minimum atomic E-state index is -0.767. The third-order valence-electron chi connectivity index (χ3n) is 4.33. The van der Waals surface area contributed by atoms with Gasteiger partial charge in [0.2, 0.25) is 0 Å². The molecular formula is C21H17F2N5O3S. The summed E-state index contributed by atoms with van der Waals surface area (Å²) in [6.45, 7) is 1.99. The van der Waals surface area contributed by atoms with Crippen LogP contribution in [0.15, 0.2) is 54.3 Å². The summed E-state index contributed by atoms with van der Waals surface area (Å²) >= 11 is 1.16. The molecule has 0 unspecified atom stereocenters. The molecule has 3 heterocycles. The van der Waals surface area contributed by atoms with Crippen molar-refractivity contribution in [3.63, 3.8) is 0 Å². The number of carbonyl (C=O) groups is 2. The van der Waals surface area contributed by atoms with Crippen molar-refractivity contribution in [2.24, 2.45) is 0 Å². The maximum Gasteiger partial charge on any atom is 0.311 e. The van der Waals surface area contributed by atoms with E-state index in [1.807, 2.05) is 0 Å². The average Bonchev–Trinajstić information content (AvgIpc) is 3.48. The molecule has 0 radical (unpaired) electrons. The van der Waals surface area contributed by atoms with Gasteiger partial charge in [-0.25, -0.2) is 18.4 Å². The largest absolute Gasteiger partial charge is 0.466 e. The zero-order valence-corrected chi connectivity index (χ0v) is 17.6. The molecule has 0 aliphatic heterocycles. The summed E-state index contributed by atoms with van der Waals surface area (Å²) < 4.78 is 35.3. The van der Waals surface area contributed by atoms with E-state index in [9.17, 15) is 18.4 Å². The van der Waals surface area contributed by atoms with E-state index in [0.717, 1.165) is 29.5 Å². The molecule has 0 saturated carbocycles. The number of nitrogens with zero attached hydrogens (tertiary/aromatic N) is 4. The van der Waals surface area contributed by atoms with Crippen LogP contribution in [0.25, 0.3) is 11.5 Å². The second-order valence-electron chi connectivity index (χ2n) is 6.59. The van der Waals surface area contributed by atoms with Crippen LogP contribution in [0, 0.1) is 11.6 Å². The van der Waals surface area contributed by atoms with E-state index in [1.54, 1.807) is 41.4 Å². The summed E-state index contributed by atoms with van der Waals surface area (Å²) in [6.07, 6.45) is 4.67. The van der Waals surface area contributed by atoms with Gasteiger partial charge in [0, 0.05) is 23.8 Å². The van der Waals surface area contributed by atoms with E-state index < -0.39 is 23.5 Å². The van der Waals surface area contributed by atoms with E-state index in [2.05, 4.69) is 15.4 Å². The molecule has 0 aliphatic rings. The third-order valence-corrected chi connectivity index (χ3v) is 5.14. The number of rotatable bonds is 7. The number of amides is 1. The standard InChI is InChI=1S/C21H17F2N5O3S/c1-2-31-18(29)10-15-12-32-21(25-15)26-19(30)17-11-24-28(20(17)27-5-3-4-6-27)16-8-13(22)7-14(23)9-16/h3-9,11-12H,2,10H2,1H3,(H,25,26,30). The highest BCUT2D eigenvalue weighted by Crippen LogP contribution is 2.23. The summed E-state index contributed by atoms with van der Waals surface area (Å²) in [5.41, 5.74) is 0.754. The van der Waals surface area contributed by atoms with E-state index in [1.165, 1.54) is 10.9 Å².